The first-order valence-electron chi connectivity index (χ1n) is 6.29. The van der Waals surface area contributed by atoms with E-state index in [1.54, 1.807) is 6.33 Å². The summed E-state index contributed by atoms with van der Waals surface area (Å²) in [5, 5.41) is 7.81. The predicted molar refractivity (Wildman–Crippen MR) is 75.5 cm³/mol. The van der Waals surface area contributed by atoms with Gasteiger partial charge >= 0.3 is 0 Å². The van der Waals surface area contributed by atoms with Gasteiger partial charge in [0.1, 0.15) is 17.4 Å². The van der Waals surface area contributed by atoms with Crippen molar-refractivity contribution in [3.63, 3.8) is 0 Å². The Morgan fingerprint density at radius 3 is 2.68 bits per heavy atom. The highest BCUT2D eigenvalue weighted by atomic mass is 15.3. The Bertz CT molecular complexity index is 702. The van der Waals surface area contributed by atoms with E-state index in [9.17, 15) is 0 Å². The van der Waals surface area contributed by atoms with Gasteiger partial charge in [0, 0.05) is 12.2 Å². The molecule has 0 radical (unpaired) electrons. The summed E-state index contributed by atoms with van der Waals surface area (Å²) in [7, 11) is 0. The third-order valence-corrected chi connectivity index (χ3v) is 3.03. The van der Waals surface area contributed by atoms with Crippen LogP contribution in [0.2, 0.25) is 0 Å². The number of benzene rings is 1. The molecular weight excluding hydrogens is 238 g/mol. The van der Waals surface area contributed by atoms with Crippen molar-refractivity contribution in [1.82, 2.24) is 19.7 Å². The molecule has 0 spiro atoms. The number of nitrogens with zero attached hydrogens (tertiary/aromatic N) is 4. The summed E-state index contributed by atoms with van der Waals surface area (Å²) >= 11 is 0. The number of hydrogen-bond acceptors (Lipinski definition) is 4. The summed E-state index contributed by atoms with van der Waals surface area (Å²) in [6.07, 6.45) is 1.57. The average molecular weight is 253 g/mol. The molecular formula is C14H15N5. The van der Waals surface area contributed by atoms with Gasteiger partial charge in [0.25, 0.3) is 0 Å². The maximum atomic E-state index is 4.48. The monoisotopic (exact) mass is 253 g/mol. The Hall–Kier alpha value is -2.43. The third-order valence-electron chi connectivity index (χ3n) is 3.03. The second-order valence-corrected chi connectivity index (χ2v) is 4.31. The lowest BCUT2D eigenvalue weighted by Gasteiger charge is -2.07. The molecule has 0 bridgehead atoms. The lowest BCUT2D eigenvalue weighted by Crippen LogP contribution is -2.01. The lowest BCUT2D eigenvalue weighted by molar-refractivity contribution is 0.676. The smallest absolute Gasteiger partial charge is 0.160 e. The van der Waals surface area contributed by atoms with Crippen LogP contribution in [0.3, 0.4) is 0 Å². The van der Waals surface area contributed by atoms with Crippen molar-refractivity contribution < 1.29 is 0 Å². The number of aryl methyl sites for hydroxylation is 2. The largest absolute Gasteiger partial charge is 0.338 e. The van der Waals surface area contributed by atoms with Crippen molar-refractivity contribution >= 4 is 22.5 Å². The highest BCUT2D eigenvalue weighted by Gasteiger charge is 2.13. The Labute approximate surface area is 111 Å². The number of hydrogen-bond donors (Lipinski definition) is 1. The fourth-order valence-corrected chi connectivity index (χ4v) is 2.14. The molecule has 0 unspecified atom stereocenters. The third kappa shape index (κ3) is 2.03. The molecule has 2 heterocycles. The number of anilines is 2. The SMILES string of the molecule is CCn1nc(C)c2ncnc(Nc3ccccc3)c21. The minimum Gasteiger partial charge on any atom is -0.338 e. The maximum absolute atomic E-state index is 4.48. The second-order valence-electron chi connectivity index (χ2n) is 4.31. The minimum atomic E-state index is 0.790. The summed E-state index contributed by atoms with van der Waals surface area (Å²) in [5.74, 6) is 0.790. The first kappa shape index (κ1) is 11.6. The molecule has 1 N–H and O–H groups in total. The summed E-state index contributed by atoms with van der Waals surface area (Å²) in [5.41, 5.74) is 3.78. The van der Waals surface area contributed by atoms with Crippen LogP contribution in [0.4, 0.5) is 11.5 Å². The molecule has 0 amide bonds. The first-order chi connectivity index (χ1) is 9.29. The topological polar surface area (TPSA) is 55.6 Å². The zero-order valence-corrected chi connectivity index (χ0v) is 11.0. The van der Waals surface area contributed by atoms with Gasteiger partial charge in [0.2, 0.25) is 0 Å². The number of para-hydroxylation sites is 1. The second kappa shape index (κ2) is 4.68. The first-order valence-corrected chi connectivity index (χ1v) is 6.29. The zero-order valence-electron chi connectivity index (χ0n) is 11.0. The van der Waals surface area contributed by atoms with Gasteiger partial charge in [-0.05, 0) is 26.0 Å². The summed E-state index contributed by atoms with van der Waals surface area (Å²) in [4.78, 5) is 8.66. The van der Waals surface area contributed by atoms with Crippen LogP contribution < -0.4 is 5.32 Å². The Morgan fingerprint density at radius 2 is 1.95 bits per heavy atom. The predicted octanol–water partition coefficient (Wildman–Crippen LogP) is 2.90. The zero-order chi connectivity index (χ0) is 13.2. The van der Waals surface area contributed by atoms with Crippen molar-refractivity contribution in [1.29, 1.82) is 0 Å². The van der Waals surface area contributed by atoms with Crippen LogP contribution in [0.25, 0.3) is 11.0 Å². The van der Waals surface area contributed by atoms with Gasteiger partial charge < -0.3 is 5.32 Å². The van der Waals surface area contributed by atoms with Gasteiger partial charge in [0.15, 0.2) is 5.82 Å². The Morgan fingerprint density at radius 1 is 1.16 bits per heavy atom. The molecule has 3 rings (SSSR count). The van der Waals surface area contributed by atoms with E-state index in [2.05, 4.69) is 27.3 Å². The molecule has 0 aliphatic carbocycles. The van der Waals surface area contributed by atoms with Gasteiger partial charge in [-0.2, -0.15) is 5.10 Å². The highest BCUT2D eigenvalue weighted by molar-refractivity contribution is 5.89. The Kier molecular flexibility index (Phi) is 2.87. The molecule has 0 atom stereocenters. The van der Waals surface area contributed by atoms with Crippen LogP contribution in [0, 0.1) is 6.92 Å². The minimum absolute atomic E-state index is 0.790. The van der Waals surface area contributed by atoms with Crippen molar-refractivity contribution in [3.05, 3.63) is 42.4 Å². The van der Waals surface area contributed by atoms with E-state index < -0.39 is 0 Å². The van der Waals surface area contributed by atoms with Crippen molar-refractivity contribution in [3.8, 4) is 0 Å². The fraction of sp³-hybridized carbons (Fsp3) is 0.214. The van der Waals surface area contributed by atoms with Gasteiger partial charge in [-0.1, -0.05) is 18.2 Å². The normalized spacial score (nSPS) is 10.8. The molecule has 0 fully saturated rings. The van der Waals surface area contributed by atoms with E-state index in [-0.39, 0.29) is 0 Å². The molecule has 96 valence electrons. The molecule has 3 aromatic rings. The molecule has 0 aliphatic heterocycles. The van der Waals surface area contributed by atoms with Crippen LogP contribution in [0.1, 0.15) is 12.6 Å². The molecule has 5 nitrogen and oxygen atoms in total. The van der Waals surface area contributed by atoms with Crippen LogP contribution in [0.5, 0.6) is 0 Å². The quantitative estimate of drug-likeness (QED) is 0.779. The van der Waals surface area contributed by atoms with Gasteiger partial charge in [-0.15, -0.1) is 0 Å². The lowest BCUT2D eigenvalue weighted by atomic mass is 10.3. The van der Waals surface area contributed by atoms with Crippen molar-refractivity contribution in [2.45, 2.75) is 20.4 Å². The standard InChI is InChI=1S/C14H15N5/c1-3-19-13-12(10(2)18-19)15-9-16-14(13)17-11-7-5-4-6-8-11/h4-9H,3H2,1-2H3,(H,15,16,17). The molecule has 1 aromatic carbocycles. The highest BCUT2D eigenvalue weighted by Crippen LogP contribution is 2.24. The van der Waals surface area contributed by atoms with Crippen LogP contribution in [0.15, 0.2) is 36.7 Å². The molecule has 2 aromatic heterocycles. The van der Waals surface area contributed by atoms with Crippen LogP contribution in [-0.2, 0) is 6.54 Å². The van der Waals surface area contributed by atoms with E-state index in [0.717, 1.165) is 34.8 Å². The van der Waals surface area contributed by atoms with E-state index in [1.807, 2.05) is 41.9 Å². The maximum Gasteiger partial charge on any atom is 0.160 e. The fourth-order valence-electron chi connectivity index (χ4n) is 2.14. The molecule has 0 aliphatic rings. The molecule has 0 saturated heterocycles. The summed E-state index contributed by atoms with van der Waals surface area (Å²) in [6, 6.07) is 9.98. The van der Waals surface area contributed by atoms with E-state index in [1.165, 1.54) is 0 Å². The van der Waals surface area contributed by atoms with Crippen LogP contribution >= 0.6 is 0 Å². The number of fused-ring (bicyclic) bond motifs is 1. The Balaban J connectivity index is 2.13. The van der Waals surface area contributed by atoms with Crippen LogP contribution in [-0.4, -0.2) is 19.7 Å². The van der Waals surface area contributed by atoms with E-state index in [0.29, 0.717) is 0 Å². The molecule has 0 saturated carbocycles. The number of nitrogens with one attached hydrogen (secondary N) is 1. The van der Waals surface area contributed by atoms with E-state index in [4.69, 9.17) is 0 Å². The summed E-state index contributed by atoms with van der Waals surface area (Å²) < 4.78 is 1.93. The number of rotatable bonds is 3. The van der Waals surface area contributed by atoms with Gasteiger partial charge in [0.05, 0.1) is 5.69 Å². The van der Waals surface area contributed by atoms with E-state index >= 15 is 0 Å². The van der Waals surface area contributed by atoms with Crippen molar-refractivity contribution in [2.24, 2.45) is 0 Å². The van der Waals surface area contributed by atoms with Gasteiger partial charge in [-0.3, -0.25) is 4.68 Å². The molecule has 5 heteroatoms. The summed E-state index contributed by atoms with van der Waals surface area (Å²) in [6.45, 7) is 4.82. The number of aromatic nitrogens is 4. The van der Waals surface area contributed by atoms with Gasteiger partial charge in [-0.25, -0.2) is 9.97 Å². The average Bonchev–Trinajstić information content (AvgIpc) is 2.78. The molecule has 19 heavy (non-hydrogen) atoms. The van der Waals surface area contributed by atoms with Crippen molar-refractivity contribution in [2.75, 3.05) is 5.32 Å².